The molecule has 1 aromatic heterocycles. The standard InChI is InChI=1S/C18H25N5O3/c1-2-3-21-9-14-10-23(12-18(14,11-21)17(24)25)16-8-15(19-13-20-16)22-4-6-26-7-5-22/h2,8,13-14H,1,3-7,9-12H2,(H,24,25)/t14-,18-/m0/s1. The van der Waals surface area contributed by atoms with Gasteiger partial charge in [0.05, 0.1) is 13.2 Å². The molecule has 4 rings (SSSR count). The van der Waals surface area contributed by atoms with Gasteiger partial charge in [0, 0.05) is 57.8 Å². The predicted octanol–water partition coefficient (Wildman–Crippen LogP) is 0.322. The second-order valence-electron chi connectivity index (χ2n) is 7.36. The number of carbonyl (C=O) groups is 1. The van der Waals surface area contributed by atoms with Crippen molar-refractivity contribution >= 4 is 17.6 Å². The zero-order valence-corrected chi connectivity index (χ0v) is 14.9. The molecule has 140 valence electrons. The van der Waals surface area contributed by atoms with Crippen LogP contribution < -0.4 is 9.80 Å². The van der Waals surface area contributed by atoms with E-state index in [-0.39, 0.29) is 5.92 Å². The SMILES string of the molecule is C=CCN1C[C@H]2CN(c3cc(N4CCOCC4)ncn3)C[C@@]2(C(=O)O)C1. The maximum Gasteiger partial charge on any atom is 0.313 e. The second-order valence-corrected chi connectivity index (χ2v) is 7.36. The maximum absolute atomic E-state index is 12.1. The van der Waals surface area contributed by atoms with Crippen LogP contribution in [0.1, 0.15) is 0 Å². The molecule has 0 bridgehead atoms. The first kappa shape index (κ1) is 17.2. The van der Waals surface area contributed by atoms with Crippen LogP contribution in [0.5, 0.6) is 0 Å². The molecule has 8 nitrogen and oxygen atoms in total. The number of anilines is 2. The first-order chi connectivity index (χ1) is 12.6. The number of fused-ring (bicyclic) bond motifs is 1. The summed E-state index contributed by atoms with van der Waals surface area (Å²) in [6, 6.07) is 1.98. The Kier molecular flexibility index (Phi) is 4.54. The lowest BCUT2D eigenvalue weighted by molar-refractivity contribution is -0.148. The third-order valence-electron chi connectivity index (χ3n) is 5.79. The molecule has 0 radical (unpaired) electrons. The van der Waals surface area contributed by atoms with Crippen molar-refractivity contribution in [3.63, 3.8) is 0 Å². The van der Waals surface area contributed by atoms with Gasteiger partial charge in [-0.2, -0.15) is 0 Å². The number of aliphatic carboxylic acids is 1. The number of morpholine rings is 1. The molecule has 2 atom stereocenters. The summed E-state index contributed by atoms with van der Waals surface area (Å²) < 4.78 is 5.40. The van der Waals surface area contributed by atoms with E-state index in [0.29, 0.717) is 32.8 Å². The fourth-order valence-corrected chi connectivity index (χ4v) is 4.44. The van der Waals surface area contributed by atoms with Crippen LogP contribution in [0.2, 0.25) is 0 Å². The van der Waals surface area contributed by atoms with Gasteiger partial charge in [-0.25, -0.2) is 9.97 Å². The summed E-state index contributed by atoms with van der Waals surface area (Å²) in [5.74, 6) is 1.08. The van der Waals surface area contributed by atoms with Crippen molar-refractivity contribution in [1.29, 1.82) is 0 Å². The average Bonchev–Trinajstić information content (AvgIpc) is 3.18. The lowest BCUT2D eigenvalue weighted by Gasteiger charge is -2.29. The van der Waals surface area contributed by atoms with Crippen LogP contribution in [0.25, 0.3) is 0 Å². The third-order valence-corrected chi connectivity index (χ3v) is 5.79. The summed E-state index contributed by atoms with van der Waals surface area (Å²) in [6.45, 7) is 10.1. The number of nitrogens with zero attached hydrogens (tertiary/aromatic N) is 5. The first-order valence-electron chi connectivity index (χ1n) is 9.09. The first-order valence-corrected chi connectivity index (χ1v) is 9.09. The Bertz CT molecular complexity index is 693. The van der Waals surface area contributed by atoms with Gasteiger partial charge in [-0.05, 0) is 0 Å². The Labute approximate surface area is 153 Å². The second kappa shape index (κ2) is 6.85. The number of aromatic nitrogens is 2. The van der Waals surface area contributed by atoms with Gasteiger partial charge >= 0.3 is 5.97 Å². The summed E-state index contributed by atoms with van der Waals surface area (Å²) in [5, 5.41) is 9.95. The summed E-state index contributed by atoms with van der Waals surface area (Å²) in [6.07, 6.45) is 3.42. The van der Waals surface area contributed by atoms with Crippen LogP contribution in [0, 0.1) is 11.3 Å². The highest BCUT2D eigenvalue weighted by Crippen LogP contribution is 2.44. The fraction of sp³-hybridized carbons (Fsp3) is 0.611. The normalized spacial score (nSPS) is 29.0. The molecule has 3 aliphatic rings. The molecule has 0 aliphatic carbocycles. The number of likely N-dealkylation sites (tertiary alicyclic amines) is 1. The van der Waals surface area contributed by atoms with E-state index in [1.165, 1.54) is 0 Å². The number of hydrogen-bond acceptors (Lipinski definition) is 7. The monoisotopic (exact) mass is 359 g/mol. The van der Waals surface area contributed by atoms with E-state index in [1.54, 1.807) is 6.33 Å². The molecular weight excluding hydrogens is 334 g/mol. The summed E-state index contributed by atoms with van der Waals surface area (Å²) >= 11 is 0. The van der Waals surface area contributed by atoms with E-state index in [0.717, 1.165) is 37.8 Å². The van der Waals surface area contributed by atoms with Crippen LogP contribution in [0.3, 0.4) is 0 Å². The molecule has 4 heterocycles. The topological polar surface area (TPSA) is 82.0 Å². The van der Waals surface area contributed by atoms with Crippen LogP contribution >= 0.6 is 0 Å². The van der Waals surface area contributed by atoms with Crippen molar-refractivity contribution in [3.8, 4) is 0 Å². The number of hydrogen-bond donors (Lipinski definition) is 1. The minimum atomic E-state index is -0.729. The highest BCUT2D eigenvalue weighted by atomic mass is 16.5. The molecule has 0 unspecified atom stereocenters. The zero-order chi connectivity index (χ0) is 18.1. The summed E-state index contributed by atoms with van der Waals surface area (Å²) in [7, 11) is 0. The quantitative estimate of drug-likeness (QED) is 0.753. The van der Waals surface area contributed by atoms with Crippen molar-refractivity contribution in [1.82, 2.24) is 14.9 Å². The summed E-state index contributed by atoms with van der Waals surface area (Å²) in [4.78, 5) is 27.4. The number of carboxylic acids is 1. The van der Waals surface area contributed by atoms with Crippen LogP contribution in [0.4, 0.5) is 11.6 Å². The van der Waals surface area contributed by atoms with E-state index >= 15 is 0 Å². The molecule has 1 aromatic rings. The van der Waals surface area contributed by atoms with E-state index < -0.39 is 11.4 Å². The molecule has 26 heavy (non-hydrogen) atoms. The van der Waals surface area contributed by atoms with Crippen LogP contribution in [0.15, 0.2) is 25.0 Å². The molecule has 3 aliphatic heterocycles. The Morgan fingerprint density at radius 1 is 1.27 bits per heavy atom. The van der Waals surface area contributed by atoms with E-state index in [4.69, 9.17) is 4.74 Å². The largest absolute Gasteiger partial charge is 0.481 e. The molecule has 3 saturated heterocycles. The van der Waals surface area contributed by atoms with E-state index in [2.05, 4.69) is 31.2 Å². The van der Waals surface area contributed by atoms with Gasteiger partial charge in [-0.15, -0.1) is 6.58 Å². The van der Waals surface area contributed by atoms with Gasteiger partial charge in [-0.3, -0.25) is 9.69 Å². The number of carboxylic acid groups (broad SMARTS) is 1. The third kappa shape index (κ3) is 2.93. The van der Waals surface area contributed by atoms with Gasteiger partial charge in [0.2, 0.25) is 0 Å². The minimum absolute atomic E-state index is 0.0988. The molecule has 0 amide bonds. The van der Waals surface area contributed by atoms with Crippen molar-refractivity contribution < 1.29 is 14.6 Å². The van der Waals surface area contributed by atoms with Crippen LogP contribution in [-0.4, -0.2) is 85.0 Å². The minimum Gasteiger partial charge on any atom is -0.481 e. The Morgan fingerprint density at radius 2 is 2.00 bits per heavy atom. The van der Waals surface area contributed by atoms with Crippen molar-refractivity contribution in [3.05, 3.63) is 25.0 Å². The van der Waals surface area contributed by atoms with E-state index in [1.807, 2.05) is 12.1 Å². The van der Waals surface area contributed by atoms with Crippen molar-refractivity contribution in [2.45, 2.75) is 0 Å². The number of ether oxygens (including phenoxy) is 1. The lowest BCUT2D eigenvalue weighted by atomic mass is 9.81. The Morgan fingerprint density at radius 3 is 2.65 bits per heavy atom. The Balaban J connectivity index is 1.53. The highest BCUT2D eigenvalue weighted by molar-refractivity contribution is 5.78. The molecule has 8 heteroatoms. The molecule has 3 fully saturated rings. The number of rotatable bonds is 5. The van der Waals surface area contributed by atoms with Gasteiger partial charge in [0.15, 0.2) is 0 Å². The molecule has 0 spiro atoms. The van der Waals surface area contributed by atoms with Gasteiger partial charge in [0.1, 0.15) is 23.4 Å². The van der Waals surface area contributed by atoms with Gasteiger partial charge < -0.3 is 19.6 Å². The van der Waals surface area contributed by atoms with Crippen molar-refractivity contribution in [2.75, 3.05) is 68.8 Å². The van der Waals surface area contributed by atoms with Crippen LogP contribution in [-0.2, 0) is 9.53 Å². The lowest BCUT2D eigenvalue weighted by Crippen LogP contribution is -2.41. The van der Waals surface area contributed by atoms with Gasteiger partial charge in [-0.1, -0.05) is 6.08 Å². The highest BCUT2D eigenvalue weighted by Gasteiger charge is 2.57. The maximum atomic E-state index is 12.1. The van der Waals surface area contributed by atoms with Gasteiger partial charge in [0.25, 0.3) is 0 Å². The Hall–Kier alpha value is -2.19. The summed E-state index contributed by atoms with van der Waals surface area (Å²) in [5.41, 5.74) is -0.729. The molecular formula is C18H25N5O3. The molecule has 0 saturated carbocycles. The predicted molar refractivity (Wildman–Crippen MR) is 97.5 cm³/mol. The fourth-order valence-electron chi connectivity index (χ4n) is 4.44. The molecule has 0 aromatic carbocycles. The van der Waals surface area contributed by atoms with E-state index in [9.17, 15) is 9.90 Å². The molecule has 1 N–H and O–H groups in total. The smallest absolute Gasteiger partial charge is 0.313 e. The van der Waals surface area contributed by atoms with Crippen molar-refractivity contribution in [2.24, 2.45) is 11.3 Å². The zero-order valence-electron chi connectivity index (χ0n) is 14.9. The average molecular weight is 359 g/mol.